The van der Waals surface area contributed by atoms with E-state index in [1.807, 2.05) is 55.5 Å². The number of alkyl halides is 1. The lowest BCUT2D eigenvalue weighted by atomic mass is 9.92. The molecule has 2 aliphatic rings. The number of aliphatic hydroxyl groups is 1. The maximum Gasteiger partial charge on any atom is 0.213 e. The van der Waals surface area contributed by atoms with Gasteiger partial charge in [0.1, 0.15) is 31.2 Å². The van der Waals surface area contributed by atoms with Crippen LogP contribution < -0.4 is 14.2 Å². The first kappa shape index (κ1) is 37.8. The van der Waals surface area contributed by atoms with E-state index in [-0.39, 0.29) is 24.4 Å². The number of aliphatic hydroxyl groups excluding tert-OH is 1. The van der Waals surface area contributed by atoms with E-state index in [1.165, 1.54) is 0 Å². The molecular weight excluding hydrogens is 784 g/mol. The summed E-state index contributed by atoms with van der Waals surface area (Å²) in [5.74, 6) is 13.8. The molecule has 0 bridgehead atoms. The fourth-order valence-electron chi connectivity index (χ4n) is 3.96. The van der Waals surface area contributed by atoms with Crippen molar-refractivity contribution in [3.63, 3.8) is 0 Å². The largest absolute Gasteiger partial charge is 0.497 e. The number of rotatable bonds is 10. The summed E-state index contributed by atoms with van der Waals surface area (Å²) in [5.41, 5.74) is 1.09. The van der Waals surface area contributed by atoms with Crippen LogP contribution in [0.1, 0.15) is 44.6 Å². The smallest absolute Gasteiger partial charge is 0.213 e. The second kappa shape index (κ2) is 22.0. The first-order valence-electron chi connectivity index (χ1n) is 14.9. The number of aromatic nitrogens is 2. The number of methoxy groups -OCH3 is 1. The fraction of sp³-hybridized carbons (Fsp3) is 0.429. The Morgan fingerprint density at radius 2 is 1.35 bits per heavy atom. The summed E-state index contributed by atoms with van der Waals surface area (Å²) in [6, 6.07) is 15.3. The SMILES string of the molecule is CCC#CCBr.COc1ccc(COCC#CCOC2CC(Oc3ccc(Br)cn3)C2)cc1.OC1CC(Oc2ccc(Br)cn2)C1. The fourth-order valence-corrected chi connectivity index (χ4v) is 4.63. The van der Waals surface area contributed by atoms with E-state index in [0.29, 0.717) is 31.6 Å². The van der Waals surface area contributed by atoms with Gasteiger partial charge in [-0.1, -0.05) is 52.7 Å². The molecule has 5 rings (SSSR count). The van der Waals surface area contributed by atoms with Crippen molar-refractivity contribution in [3.05, 3.63) is 75.4 Å². The standard InChI is InChI=1S/C21H22BrNO4.C9H10BrNO2.C5H7Br/c1-24-18-7-4-16(5-8-18)15-25-10-2-3-11-26-19-12-20(13-19)27-21-9-6-17(22)14-23-21;10-6-1-2-9(11-5-6)13-8-3-7(12)4-8;1-2-3-4-5-6/h4-9,14,19-20H,10-13,15H2,1H3;1-2,5,7-8,12H,3-4H2;2,5H2,1H3. The van der Waals surface area contributed by atoms with Gasteiger partial charge in [-0.05, 0) is 61.7 Å². The minimum absolute atomic E-state index is 0.142. The van der Waals surface area contributed by atoms with Gasteiger partial charge in [0.05, 0.1) is 31.3 Å². The maximum absolute atomic E-state index is 9.03. The van der Waals surface area contributed by atoms with Crippen LogP contribution in [0.2, 0.25) is 0 Å². The quantitative estimate of drug-likeness (QED) is 0.128. The molecule has 0 radical (unpaired) electrons. The lowest BCUT2D eigenvalue weighted by Crippen LogP contribution is -2.39. The van der Waals surface area contributed by atoms with Crippen molar-refractivity contribution in [2.24, 2.45) is 0 Å². The van der Waals surface area contributed by atoms with Gasteiger partial charge in [0.15, 0.2) is 0 Å². The van der Waals surface area contributed by atoms with E-state index >= 15 is 0 Å². The van der Waals surface area contributed by atoms with Crippen molar-refractivity contribution in [1.82, 2.24) is 9.97 Å². The van der Waals surface area contributed by atoms with Gasteiger partial charge in [-0.25, -0.2) is 9.97 Å². The summed E-state index contributed by atoms with van der Waals surface area (Å²) in [7, 11) is 1.65. The van der Waals surface area contributed by atoms with E-state index in [4.69, 9.17) is 28.8 Å². The molecule has 1 aromatic carbocycles. The molecule has 0 unspecified atom stereocenters. The number of ether oxygens (including phenoxy) is 5. The minimum Gasteiger partial charge on any atom is -0.497 e. The molecule has 0 amide bonds. The van der Waals surface area contributed by atoms with Crippen LogP contribution in [-0.4, -0.2) is 65.1 Å². The van der Waals surface area contributed by atoms with Crippen LogP contribution >= 0.6 is 47.8 Å². The van der Waals surface area contributed by atoms with Crippen LogP contribution in [0.25, 0.3) is 0 Å². The Kier molecular flexibility index (Phi) is 18.1. The number of halogens is 3. The van der Waals surface area contributed by atoms with Crippen LogP contribution in [0.15, 0.2) is 69.9 Å². The van der Waals surface area contributed by atoms with E-state index in [2.05, 4.69) is 81.4 Å². The highest BCUT2D eigenvalue weighted by Crippen LogP contribution is 2.28. The Labute approximate surface area is 297 Å². The topological polar surface area (TPSA) is 92.2 Å². The van der Waals surface area contributed by atoms with E-state index in [9.17, 15) is 0 Å². The zero-order valence-electron chi connectivity index (χ0n) is 26.0. The first-order valence-corrected chi connectivity index (χ1v) is 17.6. The molecule has 2 heterocycles. The monoisotopic (exact) mass is 820 g/mol. The van der Waals surface area contributed by atoms with Crippen LogP contribution in [0.3, 0.4) is 0 Å². The van der Waals surface area contributed by atoms with E-state index < -0.39 is 0 Å². The van der Waals surface area contributed by atoms with Crippen LogP contribution in [0, 0.1) is 23.7 Å². The summed E-state index contributed by atoms with van der Waals surface area (Å²) in [5, 5.41) is 9.84. The lowest BCUT2D eigenvalue weighted by molar-refractivity contribution is -0.0508. The Balaban J connectivity index is 0.000000249. The summed E-state index contributed by atoms with van der Waals surface area (Å²) >= 11 is 9.83. The van der Waals surface area contributed by atoms with Gasteiger partial charge < -0.3 is 28.8 Å². The summed E-state index contributed by atoms with van der Waals surface area (Å²) < 4.78 is 29.5. The molecule has 3 aromatic rings. The van der Waals surface area contributed by atoms with Crippen molar-refractivity contribution >= 4 is 47.8 Å². The lowest BCUT2D eigenvalue weighted by Gasteiger charge is -2.34. The number of hydrogen-bond donors (Lipinski definition) is 1. The number of pyridine rings is 2. The molecular formula is C35H39Br3N2O6. The van der Waals surface area contributed by atoms with Gasteiger partial charge >= 0.3 is 0 Å². The predicted molar refractivity (Wildman–Crippen MR) is 189 cm³/mol. The molecule has 8 nitrogen and oxygen atoms in total. The van der Waals surface area contributed by atoms with Gasteiger partial charge in [0.25, 0.3) is 0 Å². The number of benzene rings is 1. The molecule has 0 saturated heterocycles. The molecule has 2 fully saturated rings. The zero-order valence-corrected chi connectivity index (χ0v) is 30.7. The Bertz CT molecular complexity index is 1380. The van der Waals surface area contributed by atoms with Gasteiger partial charge in [0.2, 0.25) is 11.8 Å². The van der Waals surface area contributed by atoms with Crippen molar-refractivity contribution in [3.8, 4) is 41.2 Å². The number of hydrogen-bond acceptors (Lipinski definition) is 8. The molecule has 2 aliphatic carbocycles. The average molecular weight is 823 g/mol. The highest BCUT2D eigenvalue weighted by molar-refractivity contribution is 9.10. The van der Waals surface area contributed by atoms with Crippen molar-refractivity contribution in [1.29, 1.82) is 0 Å². The maximum atomic E-state index is 9.03. The highest BCUT2D eigenvalue weighted by Gasteiger charge is 2.32. The normalized spacial score (nSPS) is 19.0. The van der Waals surface area contributed by atoms with Crippen molar-refractivity contribution < 1.29 is 28.8 Å². The Morgan fingerprint density at radius 1 is 0.761 bits per heavy atom. The van der Waals surface area contributed by atoms with Gasteiger partial charge in [-0.15, -0.1) is 5.92 Å². The molecule has 0 aliphatic heterocycles. The van der Waals surface area contributed by atoms with Crippen molar-refractivity contribution in [2.75, 3.05) is 25.7 Å². The van der Waals surface area contributed by atoms with Crippen molar-refractivity contribution in [2.45, 2.75) is 70.1 Å². The van der Waals surface area contributed by atoms with Gasteiger partial charge in [-0.3, -0.25) is 0 Å². The van der Waals surface area contributed by atoms with Crippen LogP contribution in [-0.2, 0) is 16.1 Å². The predicted octanol–water partition coefficient (Wildman–Crippen LogP) is 7.54. The summed E-state index contributed by atoms with van der Waals surface area (Å²) in [6.45, 7) is 3.38. The molecule has 2 saturated carbocycles. The molecule has 246 valence electrons. The van der Waals surface area contributed by atoms with Gasteiger partial charge in [0, 0.05) is 65.6 Å². The van der Waals surface area contributed by atoms with Gasteiger partial charge in [-0.2, -0.15) is 0 Å². The van der Waals surface area contributed by atoms with E-state index in [0.717, 1.165) is 57.7 Å². The average Bonchev–Trinajstić information content (AvgIpc) is 3.04. The van der Waals surface area contributed by atoms with E-state index in [1.54, 1.807) is 19.5 Å². The Morgan fingerprint density at radius 3 is 1.83 bits per heavy atom. The third-order valence-corrected chi connectivity index (χ3v) is 7.80. The second-order valence-corrected chi connectivity index (χ2v) is 12.6. The number of nitrogens with zero attached hydrogens (tertiary/aromatic N) is 2. The Hall–Kier alpha value is -2.64. The molecule has 2 aromatic heterocycles. The molecule has 1 N–H and O–H groups in total. The molecule has 46 heavy (non-hydrogen) atoms. The third-order valence-electron chi connectivity index (χ3n) is 6.58. The van der Waals surface area contributed by atoms with Crippen LogP contribution in [0.4, 0.5) is 0 Å². The zero-order chi connectivity index (χ0) is 33.0. The highest BCUT2D eigenvalue weighted by atomic mass is 79.9. The molecule has 0 atom stereocenters. The third kappa shape index (κ3) is 15.3. The minimum atomic E-state index is -0.180. The van der Waals surface area contributed by atoms with Crippen LogP contribution in [0.5, 0.6) is 17.5 Å². The molecule has 11 heteroatoms. The summed E-state index contributed by atoms with van der Waals surface area (Å²) in [4.78, 5) is 8.28. The summed E-state index contributed by atoms with van der Waals surface area (Å²) in [6.07, 6.45) is 7.91. The first-order chi connectivity index (χ1) is 22.4. The molecule has 0 spiro atoms. The second-order valence-electron chi connectivity index (χ2n) is 10.2.